The number of benzene rings is 1. The summed E-state index contributed by atoms with van der Waals surface area (Å²) in [4.78, 5) is 12.2. The van der Waals surface area contributed by atoms with Gasteiger partial charge < -0.3 is 19.5 Å². The molecule has 0 atom stereocenters. The van der Waals surface area contributed by atoms with Crippen LogP contribution >= 0.6 is 15.9 Å². The van der Waals surface area contributed by atoms with Crippen molar-refractivity contribution in [2.45, 2.75) is 12.8 Å². The van der Waals surface area contributed by atoms with Gasteiger partial charge in [-0.15, -0.1) is 0 Å². The lowest BCUT2D eigenvalue weighted by Gasteiger charge is -2.15. The molecule has 1 aromatic carbocycles. The van der Waals surface area contributed by atoms with E-state index in [9.17, 15) is 4.79 Å². The Balaban J connectivity index is 2.91. The van der Waals surface area contributed by atoms with E-state index in [4.69, 9.17) is 14.2 Å². The van der Waals surface area contributed by atoms with Crippen molar-refractivity contribution in [1.29, 1.82) is 0 Å². The smallest absolute Gasteiger partial charge is 0.255 e. The van der Waals surface area contributed by atoms with Crippen LogP contribution in [0.5, 0.6) is 17.2 Å². The average molecular weight is 346 g/mol. The van der Waals surface area contributed by atoms with E-state index < -0.39 is 0 Å². The number of unbranched alkanes of at least 4 members (excludes halogenated alkanes) is 1. The lowest BCUT2D eigenvalue weighted by molar-refractivity contribution is 0.0949. The van der Waals surface area contributed by atoms with Crippen molar-refractivity contribution < 1.29 is 19.0 Å². The van der Waals surface area contributed by atoms with E-state index in [0.29, 0.717) is 29.4 Å². The van der Waals surface area contributed by atoms with Crippen molar-refractivity contribution in [1.82, 2.24) is 5.32 Å². The molecule has 0 unspecified atom stereocenters. The van der Waals surface area contributed by atoms with Crippen LogP contribution in [0.1, 0.15) is 23.2 Å². The van der Waals surface area contributed by atoms with Crippen LogP contribution in [0.2, 0.25) is 0 Å². The summed E-state index contributed by atoms with van der Waals surface area (Å²) in [6, 6.07) is 3.36. The van der Waals surface area contributed by atoms with Gasteiger partial charge >= 0.3 is 0 Å². The van der Waals surface area contributed by atoms with Crippen molar-refractivity contribution in [3.05, 3.63) is 17.7 Å². The predicted molar refractivity (Wildman–Crippen MR) is 81.5 cm³/mol. The van der Waals surface area contributed by atoms with E-state index in [-0.39, 0.29) is 5.91 Å². The van der Waals surface area contributed by atoms with Crippen LogP contribution in [0.25, 0.3) is 0 Å². The molecule has 0 spiro atoms. The number of ether oxygens (including phenoxy) is 3. The number of methoxy groups -OCH3 is 3. The van der Waals surface area contributed by atoms with Crippen molar-refractivity contribution >= 4 is 21.8 Å². The average Bonchev–Trinajstić information content (AvgIpc) is 2.49. The van der Waals surface area contributed by atoms with E-state index in [2.05, 4.69) is 21.2 Å². The van der Waals surface area contributed by atoms with Gasteiger partial charge in [0.1, 0.15) is 0 Å². The molecule has 1 amide bonds. The van der Waals surface area contributed by atoms with E-state index >= 15 is 0 Å². The molecule has 0 aliphatic carbocycles. The molecule has 0 aliphatic rings. The number of amides is 1. The SMILES string of the molecule is COc1ccc(C(=O)NCCCCBr)c(OC)c1OC. The largest absolute Gasteiger partial charge is 0.493 e. The summed E-state index contributed by atoms with van der Waals surface area (Å²) in [5.41, 5.74) is 0.434. The van der Waals surface area contributed by atoms with Crippen LogP contribution in [-0.2, 0) is 0 Å². The van der Waals surface area contributed by atoms with Crippen LogP contribution in [-0.4, -0.2) is 39.1 Å². The third-order valence-electron chi connectivity index (χ3n) is 2.79. The minimum absolute atomic E-state index is 0.183. The quantitative estimate of drug-likeness (QED) is 0.581. The molecule has 0 heterocycles. The third-order valence-corrected chi connectivity index (χ3v) is 3.36. The highest BCUT2D eigenvalue weighted by atomic mass is 79.9. The Morgan fingerprint density at radius 1 is 1.10 bits per heavy atom. The summed E-state index contributed by atoms with van der Waals surface area (Å²) >= 11 is 3.36. The van der Waals surface area contributed by atoms with Crippen LogP contribution in [0.3, 0.4) is 0 Å². The van der Waals surface area contributed by atoms with Gasteiger partial charge in [-0.05, 0) is 25.0 Å². The Bertz CT molecular complexity index is 451. The fourth-order valence-electron chi connectivity index (χ4n) is 1.80. The highest BCUT2D eigenvalue weighted by Gasteiger charge is 2.20. The molecule has 1 rings (SSSR count). The predicted octanol–water partition coefficient (Wildman–Crippen LogP) is 2.62. The van der Waals surface area contributed by atoms with Gasteiger partial charge in [0, 0.05) is 11.9 Å². The van der Waals surface area contributed by atoms with Gasteiger partial charge in [0.25, 0.3) is 5.91 Å². The van der Waals surface area contributed by atoms with Gasteiger partial charge in [-0.1, -0.05) is 15.9 Å². The topological polar surface area (TPSA) is 56.8 Å². The number of alkyl halides is 1. The van der Waals surface area contributed by atoms with Gasteiger partial charge in [-0.2, -0.15) is 0 Å². The number of hydrogen-bond donors (Lipinski definition) is 1. The summed E-state index contributed by atoms with van der Waals surface area (Å²) in [6.45, 7) is 0.627. The van der Waals surface area contributed by atoms with Crippen LogP contribution in [0.4, 0.5) is 0 Å². The summed E-state index contributed by atoms with van der Waals surface area (Å²) < 4.78 is 15.7. The zero-order valence-corrected chi connectivity index (χ0v) is 13.6. The van der Waals surface area contributed by atoms with Crippen molar-refractivity contribution in [2.75, 3.05) is 33.2 Å². The highest BCUT2D eigenvalue weighted by molar-refractivity contribution is 9.09. The van der Waals surface area contributed by atoms with Crippen molar-refractivity contribution in [3.63, 3.8) is 0 Å². The number of nitrogens with one attached hydrogen (secondary N) is 1. The highest BCUT2D eigenvalue weighted by Crippen LogP contribution is 2.39. The Morgan fingerprint density at radius 2 is 1.80 bits per heavy atom. The number of rotatable bonds is 8. The summed E-state index contributed by atoms with van der Waals surface area (Å²) in [7, 11) is 4.55. The standard InChI is InChI=1S/C14H20BrNO4/c1-18-11-7-6-10(12(19-2)13(11)20-3)14(17)16-9-5-4-8-15/h6-7H,4-5,8-9H2,1-3H3,(H,16,17). The van der Waals surface area contributed by atoms with E-state index in [1.54, 1.807) is 12.1 Å². The molecular weight excluding hydrogens is 326 g/mol. The fraction of sp³-hybridized carbons (Fsp3) is 0.500. The Hall–Kier alpha value is -1.43. The number of carbonyl (C=O) groups is 1. The maximum absolute atomic E-state index is 12.2. The van der Waals surface area contributed by atoms with Crippen molar-refractivity contribution in [3.8, 4) is 17.2 Å². The molecule has 0 saturated carbocycles. The van der Waals surface area contributed by atoms with Gasteiger partial charge in [0.15, 0.2) is 11.5 Å². The number of carbonyl (C=O) groups excluding carboxylic acids is 1. The second kappa shape index (κ2) is 8.68. The normalized spacial score (nSPS) is 10.0. The first-order valence-electron chi connectivity index (χ1n) is 6.32. The molecule has 0 saturated heterocycles. The molecule has 6 heteroatoms. The van der Waals surface area contributed by atoms with Crippen LogP contribution in [0, 0.1) is 0 Å². The lowest BCUT2D eigenvalue weighted by Crippen LogP contribution is -2.25. The molecule has 112 valence electrons. The molecule has 0 aliphatic heterocycles. The first kappa shape index (κ1) is 16.6. The van der Waals surface area contributed by atoms with Gasteiger partial charge in [0.05, 0.1) is 26.9 Å². The number of halogens is 1. The third kappa shape index (κ3) is 4.03. The van der Waals surface area contributed by atoms with Gasteiger partial charge in [-0.3, -0.25) is 4.79 Å². The summed E-state index contributed by atoms with van der Waals surface area (Å²) in [5, 5.41) is 3.79. The van der Waals surface area contributed by atoms with E-state index in [1.165, 1.54) is 21.3 Å². The van der Waals surface area contributed by atoms with Gasteiger partial charge in [-0.25, -0.2) is 0 Å². The number of hydrogen-bond acceptors (Lipinski definition) is 4. The van der Waals surface area contributed by atoms with Gasteiger partial charge in [0.2, 0.25) is 5.75 Å². The molecule has 0 fully saturated rings. The zero-order valence-electron chi connectivity index (χ0n) is 12.0. The minimum atomic E-state index is -0.183. The van der Waals surface area contributed by atoms with E-state index in [1.807, 2.05) is 0 Å². The summed E-state index contributed by atoms with van der Waals surface area (Å²) in [5.74, 6) is 1.14. The fourth-order valence-corrected chi connectivity index (χ4v) is 2.19. The Kier molecular flexibility index (Phi) is 7.22. The van der Waals surface area contributed by atoms with E-state index in [0.717, 1.165) is 18.2 Å². The lowest BCUT2D eigenvalue weighted by atomic mass is 10.1. The van der Waals surface area contributed by atoms with Crippen LogP contribution < -0.4 is 19.5 Å². The molecule has 1 aromatic rings. The Morgan fingerprint density at radius 3 is 2.35 bits per heavy atom. The van der Waals surface area contributed by atoms with Crippen molar-refractivity contribution in [2.24, 2.45) is 0 Å². The summed E-state index contributed by atoms with van der Waals surface area (Å²) in [6.07, 6.45) is 1.94. The molecule has 0 aromatic heterocycles. The molecule has 1 N–H and O–H groups in total. The first-order chi connectivity index (χ1) is 9.69. The zero-order chi connectivity index (χ0) is 15.0. The maximum Gasteiger partial charge on any atom is 0.255 e. The molecule has 0 radical (unpaired) electrons. The maximum atomic E-state index is 12.2. The Labute approximate surface area is 127 Å². The molecular formula is C14H20BrNO4. The minimum Gasteiger partial charge on any atom is -0.493 e. The second-order valence-corrected chi connectivity index (χ2v) is 4.83. The molecule has 5 nitrogen and oxygen atoms in total. The molecule has 0 bridgehead atoms. The second-order valence-electron chi connectivity index (χ2n) is 4.03. The first-order valence-corrected chi connectivity index (χ1v) is 7.44. The monoisotopic (exact) mass is 345 g/mol. The van der Waals surface area contributed by atoms with Crippen LogP contribution in [0.15, 0.2) is 12.1 Å². The molecule has 20 heavy (non-hydrogen) atoms.